The minimum atomic E-state index is 0.154. The summed E-state index contributed by atoms with van der Waals surface area (Å²) < 4.78 is 0. The van der Waals surface area contributed by atoms with Gasteiger partial charge in [0.05, 0.1) is 0 Å². The third kappa shape index (κ3) is 6.12. The van der Waals surface area contributed by atoms with Crippen LogP contribution in [0.3, 0.4) is 0 Å². The molecule has 6 rings (SSSR count). The van der Waals surface area contributed by atoms with Gasteiger partial charge in [-0.1, -0.05) is 79.6 Å². The van der Waals surface area contributed by atoms with E-state index in [-0.39, 0.29) is 5.91 Å². The highest BCUT2D eigenvalue weighted by Crippen LogP contribution is 2.33. The lowest BCUT2D eigenvalue weighted by Crippen LogP contribution is -2.38. The van der Waals surface area contributed by atoms with Gasteiger partial charge in [-0.15, -0.1) is 0 Å². The molecule has 0 N–H and O–H groups in total. The Balaban J connectivity index is 1.03. The van der Waals surface area contributed by atoms with Crippen LogP contribution in [0.5, 0.6) is 0 Å². The van der Waals surface area contributed by atoms with Crippen molar-refractivity contribution in [3.63, 3.8) is 0 Å². The molecule has 1 fully saturated rings. The number of carbonyl (C=O) groups is 1. The maximum atomic E-state index is 13.4. The van der Waals surface area contributed by atoms with Crippen molar-refractivity contribution in [1.29, 1.82) is 0 Å². The van der Waals surface area contributed by atoms with E-state index in [1.54, 1.807) is 12.4 Å². The van der Waals surface area contributed by atoms with Crippen LogP contribution in [0.25, 0.3) is 0 Å². The van der Waals surface area contributed by atoms with Crippen molar-refractivity contribution in [2.45, 2.75) is 51.0 Å². The van der Waals surface area contributed by atoms with Crippen molar-refractivity contribution >= 4 is 11.6 Å². The first-order valence-electron chi connectivity index (χ1n) is 14.9. The van der Waals surface area contributed by atoms with Crippen molar-refractivity contribution in [3.05, 3.63) is 131 Å². The number of amides is 1. The summed E-state index contributed by atoms with van der Waals surface area (Å²) in [5.41, 5.74) is 7.23. The molecule has 1 amide bonds. The Bertz CT molecular complexity index is 1340. The number of benzene rings is 3. The molecule has 0 radical (unpaired) electrons. The number of piperidine rings is 1. The molecule has 0 bridgehead atoms. The van der Waals surface area contributed by atoms with Gasteiger partial charge in [0.15, 0.2) is 0 Å². The minimum Gasteiger partial charge on any atom is -0.371 e. The van der Waals surface area contributed by atoms with Crippen LogP contribution in [0.15, 0.2) is 103 Å². The van der Waals surface area contributed by atoms with Crippen LogP contribution >= 0.6 is 0 Å². The van der Waals surface area contributed by atoms with Crippen LogP contribution in [-0.4, -0.2) is 35.4 Å². The van der Waals surface area contributed by atoms with Crippen molar-refractivity contribution in [1.82, 2.24) is 9.88 Å². The molecule has 1 saturated heterocycles. The average molecular weight is 530 g/mol. The molecule has 0 atom stereocenters. The van der Waals surface area contributed by atoms with E-state index in [1.165, 1.54) is 54.5 Å². The SMILES string of the molecule is O=C1c2cc(N3CCC(CCCC(c4ccccc4)c4ccccc4)CC3)ccc2CCN1Cc1ccncc1. The largest absolute Gasteiger partial charge is 0.371 e. The fraction of sp³-hybridized carbons (Fsp3) is 0.333. The summed E-state index contributed by atoms with van der Waals surface area (Å²) in [5, 5.41) is 0. The van der Waals surface area contributed by atoms with Crippen LogP contribution < -0.4 is 4.90 Å². The quantitative estimate of drug-likeness (QED) is 0.225. The molecule has 0 aliphatic carbocycles. The Morgan fingerprint density at radius 2 is 1.48 bits per heavy atom. The van der Waals surface area contributed by atoms with E-state index in [0.29, 0.717) is 12.5 Å². The monoisotopic (exact) mass is 529 g/mol. The Labute approximate surface area is 238 Å². The molecule has 4 nitrogen and oxygen atoms in total. The fourth-order valence-electron chi connectivity index (χ4n) is 6.55. The van der Waals surface area contributed by atoms with Crippen LogP contribution in [0.2, 0.25) is 0 Å². The molecule has 0 saturated carbocycles. The van der Waals surface area contributed by atoms with Gasteiger partial charge in [0.2, 0.25) is 0 Å². The van der Waals surface area contributed by atoms with Gasteiger partial charge in [0.1, 0.15) is 0 Å². The molecular formula is C36H39N3O. The maximum Gasteiger partial charge on any atom is 0.254 e. The van der Waals surface area contributed by atoms with Crippen molar-refractivity contribution in [2.75, 3.05) is 24.5 Å². The van der Waals surface area contributed by atoms with Crippen LogP contribution in [0.4, 0.5) is 5.69 Å². The molecule has 0 spiro atoms. The number of aromatic nitrogens is 1. The summed E-state index contributed by atoms with van der Waals surface area (Å²) in [7, 11) is 0. The number of hydrogen-bond acceptors (Lipinski definition) is 3. The number of anilines is 1. The van der Waals surface area contributed by atoms with Gasteiger partial charge in [-0.05, 0) is 78.1 Å². The summed E-state index contributed by atoms with van der Waals surface area (Å²) in [5.74, 6) is 1.40. The number of hydrogen-bond donors (Lipinski definition) is 0. The minimum absolute atomic E-state index is 0.154. The Morgan fingerprint density at radius 1 is 0.800 bits per heavy atom. The highest BCUT2D eigenvalue weighted by molar-refractivity contribution is 5.97. The first-order chi connectivity index (χ1) is 19.7. The second-order valence-electron chi connectivity index (χ2n) is 11.4. The van der Waals surface area contributed by atoms with E-state index in [1.807, 2.05) is 17.0 Å². The number of fused-ring (bicyclic) bond motifs is 1. The second kappa shape index (κ2) is 12.5. The molecule has 3 heterocycles. The zero-order valence-corrected chi connectivity index (χ0v) is 23.3. The van der Waals surface area contributed by atoms with Crippen molar-refractivity contribution in [3.8, 4) is 0 Å². The Morgan fingerprint density at radius 3 is 2.15 bits per heavy atom. The number of nitrogens with zero attached hydrogens (tertiary/aromatic N) is 3. The van der Waals surface area contributed by atoms with Gasteiger partial charge in [-0.25, -0.2) is 0 Å². The highest BCUT2D eigenvalue weighted by Gasteiger charge is 2.27. The molecule has 4 aromatic rings. The summed E-state index contributed by atoms with van der Waals surface area (Å²) in [6.07, 6.45) is 10.7. The van der Waals surface area contributed by atoms with Gasteiger partial charge in [0.25, 0.3) is 5.91 Å². The zero-order valence-electron chi connectivity index (χ0n) is 23.3. The molecule has 1 aromatic heterocycles. The van der Waals surface area contributed by atoms with E-state index in [0.717, 1.165) is 43.1 Å². The lowest BCUT2D eigenvalue weighted by Gasteiger charge is -2.35. The number of pyridine rings is 1. The molecule has 3 aromatic carbocycles. The summed E-state index contributed by atoms with van der Waals surface area (Å²) in [4.78, 5) is 21.9. The Kier molecular flexibility index (Phi) is 8.23. The fourth-order valence-corrected chi connectivity index (χ4v) is 6.55. The van der Waals surface area contributed by atoms with E-state index < -0.39 is 0 Å². The number of carbonyl (C=O) groups excluding carboxylic acids is 1. The highest BCUT2D eigenvalue weighted by atomic mass is 16.2. The van der Waals surface area contributed by atoms with Gasteiger partial charge in [-0.3, -0.25) is 9.78 Å². The molecule has 0 unspecified atom stereocenters. The van der Waals surface area contributed by atoms with Crippen molar-refractivity contribution < 1.29 is 4.79 Å². The van der Waals surface area contributed by atoms with Gasteiger partial charge < -0.3 is 9.80 Å². The van der Waals surface area contributed by atoms with Gasteiger partial charge in [-0.2, -0.15) is 0 Å². The lowest BCUT2D eigenvalue weighted by atomic mass is 9.84. The van der Waals surface area contributed by atoms with Gasteiger partial charge >= 0.3 is 0 Å². The Hall–Kier alpha value is -3.92. The summed E-state index contributed by atoms with van der Waals surface area (Å²) in [6.45, 7) is 3.55. The zero-order chi connectivity index (χ0) is 27.1. The maximum absolute atomic E-state index is 13.4. The van der Waals surface area contributed by atoms with Crippen molar-refractivity contribution in [2.24, 2.45) is 5.92 Å². The average Bonchev–Trinajstić information content (AvgIpc) is 3.02. The molecular weight excluding hydrogens is 490 g/mol. The summed E-state index contributed by atoms with van der Waals surface area (Å²) in [6, 6.07) is 32.5. The topological polar surface area (TPSA) is 36.4 Å². The molecule has 4 heteroatoms. The van der Waals surface area contributed by atoms with Crippen LogP contribution in [0, 0.1) is 5.92 Å². The second-order valence-corrected chi connectivity index (χ2v) is 11.4. The van der Waals surface area contributed by atoms with E-state index >= 15 is 0 Å². The molecule has 2 aliphatic rings. The third-order valence-electron chi connectivity index (χ3n) is 8.87. The predicted molar refractivity (Wildman–Crippen MR) is 163 cm³/mol. The molecule has 40 heavy (non-hydrogen) atoms. The van der Waals surface area contributed by atoms with Gasteiger partial charge in [0, 0.05) is 55.7 Å². The smallest absolute Gasteiger partial charge is 0.254 e. The first-order valence-corrected chi connectivity index (χ1v) is 14.9. The van der Waals surface area contributed by atoms with E-state index in [2.05, 4.69) is 88.7 Å². The van der Waals surface area contributed by atoms with Crippen LogP contribution in [-0.2, 0) is 13.0 Å². The number of rotatable bonds is 9. The lowest BCUT2D eigenvalue weighted by molar-refractivity contribution is 0.0727. The van der Waals surface area contributed by atoms with E-state index in [4.69, 9.17) is 0 Å². The normalized spacial score (nSPS) is 15.9. The standard InChI is InChI=1S/C36H39N3O/c40-36-35-26-33(15-14-32(35)20-25-39(36)27-29-16-21-37-22-17-29)38-23-18-28(19-24-38)8-7-13-34(30-9-3-1-4-10-30)31-11-5-2-6-12-31/h1-6,9-12,14-17,21-22,26,28,34H,7-8,13,18-20,23-25,27H2. The molecule has 2 aliphatic heterocycles. The predicted octanol–water partition coefficient (Wildman–Crippen LogP) is 7.50. The van der Waals surface area contributed by atoms with Crippen LogP contribution in [0.1, 0.15) is 70.6 Å². The van der Waals surface area contributed by atoms with E-state index in [9.17, 15) is 4.79 Å². The summed E-state index contributed by atoms with van der Waals surface area (Å²) >= 11 is 0. The first kappa shape index (κ1) is 26.3. The third-order valence-corrected chi connectivity index (χ3v) is 8.87. The molecule has 204 valence electrons.